The number of aromatic nitrogens is 1. The molecule has 0 aliphatic heterocycles. The number of hydrogen-bond acceptors (Lipinski definition) is 5. The van der Waals surface area contributed by atoms with Crippen molar-refractivity contribution in [2.24, 2.45) is 5.92 Å². The van der Waals surface area contributed by atoms with Crippen LogP contribution in [0.2, 0.25) is 0 Å². The molecule has 1 aliphatic carbocycles. The number of aryl methyl sites for hydroxylation is 1. The van der Waals surface area contributed by atoms with E-state index in [4.69, 9.17) is 4.74 Å². The van der Waals surface area contributed by atoms with E-state index in [9.17, 15) is 9.59 Å². The van der Waals surface area contributed by atoms with Crippen molar-refractivity contribution in [1.29, 1.82) is 0 Å². The van der Waals surface area contributed by atoms with Crippen LogP contribution in [0.5, 0.6) is 0 Å². The first-order valence-electron chi connectivity index (χ1n) is 9.54. The zero-order chi connectivity index (χ0) is 19.1. The number of thiazole rings is 1. The van der Waals surface area contributed by atoms with Crippen LogP contribution < -0.4 is 5.32 Å². The summed E-state index contributed by atoms with van der Waals surface area (Å²) >= 11 is 1.41. The van der Waals surface area contributed by atoms with E-state index >= 15 is 0 Å². The number of carbonyl (C=O) groups excluding carboxylic acids is 2. The Morgan fingerprint density at radius 2 is 1.96 bits per heavy atom. The van der Waals surface area contributed by atoms with E-state index in [1.54, 1.807) is 0 Å². The van der Waals surface area contributed by atoms with Gasteiger partial charge in [-0.25, -0.2) is 4.98 Å². The number of esters is 1. The van der Waals surface area contributed by atoms with Crippen molar-refractivity contribution in [3.05, 3.63) is 45.9 Å². The van der Waals surface area contributed by atoms with Crippen LogP contribution in [0.25, 0.3) is 0 Å². The smallest absolute Gasteiger partial charge is 0.306 e. The maximum atomic E-state index is 12.1. The maximum absolute atomic E-state index is 12.1. The molecule has 27 heavy (non-hydrogen) atoms. The van der Waals surface area contributed by atoms with Gasteiger partial charge in [0.05, 0.1) is 12.1 Å². The second-order valence-corrected chi connectivity index (χ2v) is 8.12. The lowest BCUT2D eigenvalue weighted by Crippen LogP contribution is -2.14. The second-order valence-electron chi connectivity index (χ2n) is 7.17. The van der Waals surface area contributed by atoms with Gasteiger partial charge >= 0.3 is 5.97 Å². The minimum Gasteiger partial charge on any atom is -0.459 e. The highest BCUT2D eigenvalue weighted by Gasteiger charge is 2.17. The minimum atomic E-state index is -0.159. The minimum absolute atomic E-state index is 0.103. The van der Waals surface area contributed by atoms with Crippen LogP contribution in [0.4, 0.5) is 5.69 Å². The average Bonchev–Trinajstić information content (AvgIpc) is 3.32. The van der Waals surface area contributed by atoms with Crippen molar-refractivity contribution in [3.8, 4) is 0 Å². The zero-order valence-corrected chi connectivity index (χ0v) is 16.5. The quantitative estimate of drug-likeness (QED) is 0.671. The molecular formula is C21H26N2O3S. The molecule has 2 aromatic rings. The van der Waals surface area contributed by atoms with Crippen molar-refractivity contribution in [2.75, 3.05) is 5.32 Å². The summed E-state index contributed by atoms with van der Waals surface area (Å²) in [4.78, 5) is 28.4. The summed E-state index contributed by atoms with van der Waals surface area (Å²) in [6, 6.07) is 7.67. The predicted octanol–water partition coefficient (Wildman–Crippen LogP) is 4.65. The van der Waals surface area contributed by atoms with Gasteiger partial charge in [0.1, 0.15) is 11.6 Å². The molecule has 1 aromatic carbocycles. The number of hydrogen-bond donors (Lipinski definition) is 1. The third kappa shape index (κ3) is 6.47. The Morgan fingerprint density at radius 3 is 2.70 bits per heavy atom. The highest BCUT2D eigenvalue weighted by atomic mass is 32.1. The molecular weight excluding hydrogens is 360 g/mol. The number of nitrogens with zero attached hydrogens (tertiary/aromatic N) is 1. The first-order valence-corrected chi connectivity index (χ1v) is 10.4. The van der Waals surface area contributed by atoms with Crippen LogP contribution in [0.15, 0.2) is 29.6 Å². The molecule has 1 aliphatic rings. The number of carbonyl (C=O) groups is 2. The van der Waals surface area contributed by atoms with Crippen molar-refractivity contribution in [1.82, 2.24) is 4.98 Å². The first-order chi connectivity index (χ1) is 13.1. The van der Waals surface area contributed by atoms with Gasteiger partial charge in [-0.3, -0.25) is 9.59 Å². The fraction of sp³-hybridized carbons (Fsp3) is 0.476. The molecule has 0 bridgehead atoms. The standard InChI is InChI=1S/C21H26N2O3S/c1-15-6-9-17(10-7-15)22-19(24)12-20-23-18(14-27-20)13-26-21(25)11-8-16-4-2-3-5-16/h6-7,9-10,14,16H,2-5,8,11-13H2,1H3,(H,22,24). The molecule has 0 spiro atoms. The number of nitrogens with one attached hydrogen (secondary N) is 1. The van der Waals surface area contributed by atoms with Crippen LogP contribution >= 0.6 is 11.3 Å². The van der Waals surface area contributed by atoms with E-state index in [-0.39, 0.29) is 24.9 Å². The highest BCUT2D eigenvalue weighted by Crippen LogP contribution is 2.28. The average molecular weight is 387 g/mol. The summed E-state index contributed by atoms with van der Waals surface area (Å²) in [6.45, 7) is 2.18. The van der Waals surface area contributed by atoms with Gasteiger partial charge in [0.2, 0.25) is 5.91 Å². The Hall–Kier alpha value is -2.21. The third-order valence-corrected chi connectivity index (χ3v) is 5.76. The van der Waals surface area contributed by atoms with Gasteiger partial charge in [-0.15, -0.1) is 11.3 Å². The van der Waals surface area contributed by atoms with Gasteiger partial charge in [-0.2, -0.15) is 0 Å². The summed E-state index contributed by atoms with van der Waals surface area (Å²) < 4.78 is 5.32. The summed E-state index contributed by atoms with van der Waals surface area (Å²) in [5.41, 5.74) is 2.63. The second kappa shape index (κ2) is 9.65. The lowest BCUT2D eigenvalue weighted by Gasteiger charge is -2.07. The molecule has 3 rings (SSSR count). The molecule has 1 fully saturated rings. The summed E-state index contributed by atoms with van der Waals surface area (Å²) in [7, 11) is 0. The van der Waals surface area contributed by atoms with E-state index in [0.29, 0.717) is 18.0 Å². The molecule has 0 atom stereocenters. The molecule has 0 radical (unpaired) electrons. The summed E-state index contributed by atoms with van der Waals surface area (Å²) in [6.07, 6.45) is 6.70. The highest BCUT2D eigenvalue weighted by molar-refractivity contribution is 7.09. The number of amides is 1. The molecule has 0 saturated heterocycles. The van der Waals surface area contributed by atoms with Gasteiger partial charge in [-0.05, 0) is 31.4 Å². The van der Waals surface area contributed by atoms with Crippen LogP contribution in [0.1, 0.15) is 54.8 Å². The topological polar surface area (TPSA) is 68.3 Å². The number of rotatable bonds is 8. The van der Waals surface area contributed by atoms with E-state index in [0.717, 1.165) is 22.7 Å². The molecule has 1 amide bonds. The van der Waals surface area contributed by atoms with E-state index < -0.39 is 0 Å². The van der Waals surface area contributed by atoms with Gasteiger partial charge in [0.15, 0.2) is 0 Å². The summed E-state index contributed by atoms with van der Waals surface area (Å²) in [5.74, 6) is 0.428. The molecule has 6 heteroatoms. The molecule has 0 unspecified atom stereocenters. The van der Waals surface area contributed by atoms with Crippen molar-refractivity contribution in [3.63, 3.8) is 0 Å². The van der Waals surface area contributed by atoms with E-state index in [1.807, 2.05) is 36.6 Å². The Balaban J connectivity index is 1.39. The normalized spacial score (nSPS) is 14.3. The van der Waals surface area contributed by atoms with Crippen LogP contribution in [0, 0.1) is 12.8 Å². The van der Waals surface area contributed by atoms with Crippen LogP contribution in [-0.4, -0.2) is 16.9 Å². The lowest BCUT2D eigenvalue weighted by molar-refractivity contribution is -0.145. The van der Waals surface area contributed by atoms with Crippen molar-refractivity contribution in [2.45, 2.75) is 58.5 Å². The Bertz CT molecular complexity index is 764. The van der Waals surface area contributed by atoms with Crippen LogP contribution in [-0.2, 0) is 27.4 Å². The van der Waals surface area contributed by atoms with Crippen molar-refractivity contribution < 1.29 is 14.3 Å². The largest absolute Gasteiger partial charge is 0.459 e. The molecule has 1 saturated carbocycles. The molecule has 5 nitrogen and oxygen atoms in total. The fourth-order valence-electron chi connectivity index (χ4n) is 3.32. The SMILES string of the molecule is Cc1ccc(NC(=O)Cc2nc(COC(=O)CCC3CCCC3)cs2)cc1. The predicted molar refractivity (Wildman–Crippen MR) is 107 cm³/mol. The maximum Gasteiger partial charge on any atom is 0.306 e. The fourth-order valence-corrected chi connectivity index (χ4v) is 4.10. The molecule has 1 N–H and O–H groups in total. The lowest BCUT2D eigenvalue weighted by atomic mass is 10.0. The summed E-state index contributed by atoms with van der Waals surface area (Å²) in [5, 5.41) is 5.43. The number of anilines is 1. The third-order valence-electron chi connectivity index (χ3n) is 4.86. The number of ether oxygens (including phenoxy) is 1. The Kier molecular flexibility index (Phi) is 6.98. The molecule has 144 valence electrons. The van der Waals surface area contributed by atoms with Crippen LogP contribution in [0.3, 0.4) is 0 Å². The van der Waals surface area contributed by atoms with Crippen molar-refractivity contribution >= 4 is 28.9 Å². The zero-order valence-electron chi connectivity index (χ0n) is 15.7. The monoisotopic (exact) mass is 386 g/mol. The molecule has 1 aromatic heterocycles. The van der Waals surface area contributed by atoms with E-state index in [2.05, 4.69) is 10.3 Å². The van der Waals surface area contributed by atoms with Gasteiger partial charge in [0.25, 0.3) is 0 Å². The first kappa shape index (κ1) is 19.5. The van der Waals surface area contributed by atoms with Gasteiger partial charge < -0.3 is 10.1 Å². The number of benzene rings is 1. The molecule has 1 heterocycles. The van der Waals surface area contributed by atoms with E-state index in [1.165, 1.54) is 37.0 Å². The Labute approximate surface area is 164 Å². The van der Waals surface area contributed by atoms with Gasteiger partial charge in [0, 0.05) is 17.5 Å². The van der Waals surface area contributed by atoms with Gasteiger partial charge in [-0.1, -0.05) is 43.4 Å². The Morgan fingerprint density at radius 1 is 1.22 bits per heavy atom.